The van der Waals surface area contributed by atoms with E-state index in [2.05, 4.69) is 69.4 Å². The number of carbonyl (C=O) groups is 5. The quantitative estimate of drug-likeness (QED) is 0.0251. The fraction of sp³-hybridized carbons (Fsp3) is 0.776. The Morgan fingerprint density at radius 3 is 1.32 bits per heavy atom. The predicted molar refractivity (Wildman–Crippen MR) is 284 cm³/mol. The predicted octanol–water partition coefficient (Wildman–Crippen LogP) is 14.1. The third-order valence-electron chi connectivity index (χ3n) is 11.9. The Labute approximate surface area is 422 Å². The molecule has 0 saturated heterocycles. The lowest BCUT2D eigenvalue weighted by Crippen LogP contribution is -2.52. The molecule has 0 bridgehead atoms. The van der Waals surface area contributed by atoms with Gasteiger partial charge in [0.05, 0.1) is 13.0 Å². The van der Waals surface area contributed by atoms with E-state index in [-0.39, 0.29) is 57.6 Å². The van der Waals surface area contributed by atoms with Crippen molar-refractivity contribution >= 4 is 29.8 Å². The average molecular weight is 971 g/mol. The van der Waals surface area contributed by atoms with Gasteiger partial charge in [0, 0.05) is 25.8 Å². The highest BCUT2D eigenvalue weighted by molar-refractivity contribution is 5.88. The minimum atomic E-state index is -1.44. The van der Waals surface area contributed by atoms with E-state index < -0.39 is 36.4 Å². The fourth-order valence-electron chi connectivity index (χ4n) is 7.65. The molecule has 0 aliphatic heterocycles. The highest BCUT2D eigenvalue weighted by atomic mass is 16.6. The highest BCUT2D eigenvalue weighted by Gasteiger charge is 2.35. The number of esters is 4. The van der Waals surface area contributed by atoms with E-state index in [1.54, 1.807) is 0 Å². The summed E-state index contributed by atoms with van der Waals surface area (Å²) in [6.07, 6.45) is 45.1. The first-order chi connectivity index (χ1) is 33.6. The zero-order valence-electron chi connectivity index (χ0n) is 45.0. The van der Waals surface area contributed by atoms with Crippen LogP contribution in [0.15, 0.2) is 48.6 Å². The standard InChI is InChI=1S/C58H102N2O9/c1-7-11-14-17-19-21-23-25-27-29-31-33-35-37-39-44-54(61)67-50-52(51-68-55(62)45-40-38-36-34-32-30-28-26-24-22-20-18-15-12-8-2)60(47-42-46-59(5)6)58(65)53(69-56(63)43-10-4)49-57(64)66-48-41-16-13-9-3/h19-22,25-28,52-53H,7-18,23-24,29-51H2,1-6H3/b21-19-,22-20-,27-25-,28-26-/t53-/m0/s1. The molecule has 0 unspecified atom stereocenters. The van der Waals surface area contributed by atoms with E-state index in [9.17, 15) is 24.0 Å². The third kappa shape index (κ3) is 42.8. The van der Waals surface area contributed by atoms with Gasteiger partial charge in [-0.3, -0.25) is 24.0 Å². The molecule has 1 amide bonds. The van der Waals surface area contributed by atoms with Gasteiger partial charge in [-0.1, -0.05) is 160 Å². The summed E-state index contributed by atoms with van der Waals surface area (Å²) in [5.74, 6) is -2.61. The van der Waals surface area contributed by atoms with Crippen molar-refractivity contribution in [3.63, 3.8) is 0 Å². The van der Waals surface area contributed by atoms with Gasteiger partial charge >= 0.3 is 23.9 Å². The summed E-state index contributed by atoms with van der Waals surface area (Å²) in [6.45, 7) is 9.01. The first kappa shape index (κ1) is 65.3. The maximum Gasteiger partial charge on any atom is 0.310 e. The van der Waals surface area contributed by atoms with Crippen LogP contribution in [-0.4, -0.2) is 98.7 Å². The summed E-state index contributed by atoms with van der Waals surface area (Å²) in [4.78, 5) is 70.2. The van der Waals surface area contributed by atoms with Crippen LogP contribution in [0.2, 0.25) is 0 Å². The van der Waals surface area contributed by atoms with E-state index in [0.717, 1.165) is 109 Å². The molecule has 1 atom stereocenters. The van der Waals surface area contributed by atoms with Gasteiger partial charge in [-0.25, -0.2) is 0 Å². The number of hydrogen-bond acceptors (Lipinski definition) is 10. The van der Waals surface area contributed by atoms with Crippen molar-refractivity contribution in [1.82, 2.24) is 9.80 Å². The van der Waals surface area contributed by atoms with Crippen LogP contribution >= 0.6 is 0 Å². The zero-order valence-corrected chi connectivity index (χ0v) is 45.0. The molecule has 11 nitrogen and oxygen atoms in total. The molecule has 0 aliphatic rings. The molecule has 0 rings (SSSR count). The van der Waals surface area contributed by atoms with Gasteiger partial charge in [0.25, 0.3) is 5.91 Å². The summed E-state index contributed by atoms with van der Waals surface area (Å²) in [6, 6.07) is -0.862. The van der Waals surface area contributed by atoms with E-state index in [1.165, 1.54) is 43.4 Å². The van der Waals surface area contributed by atoms with Crippen molar-refractivity contribution < 1.29 is 42.9 Å². The Hall–Kier alpha value is -3.73. The molecule has 0 aromatic rings. The Morgan fingerprint density at radius 1 is 0.420 bits per heavy atom. The molecule has 0 aliphatic carbocycles. The van der Waals surface area contributed by atoms with Crippen molar-refractivity contribution in [2.75, 3.05) is 47.0 Å². The van der Waals surface area contributed by atoms with E-state index in [1.807, 2.05) is 25.9 Å². The lowest BCUT2D eigenvalue weighted by atomic mass is 10.1. The van der Waals surface area contributed by atoms with Gasteiger partial charge in [0.2, 0.25) is 0 Å². The summed E-state index contributed by atoms with van der Waals surface area (Å²) in [7, 11) is 3.86. The number of hydrogen-bond donors (Lipinski definition) is 0. The van der Waals surface area contributed by atoms with Crippen LogP contribution < -0.4 is 0 Å². The second-order valence-corrected chi connectivity index (χ2v) is 18.9. The van der Waals surface area contributed by atoms with Crippen molar-refractivity contribution in [3.8, 4) is 0 Å². The van der Waals surface area contributed by atoms with Gasteiger partial charge in [-0.2, -0.15) is 0 Å². The molecule has 11 heteroatoms. The van der Waals surface area contributed by atoms with Crippen molar-refractivity contribution in [2.45, 2.75) is 245 Å². The SMILES string of the molecule is CCCCC/C=C\C/C=C\CCCCCCCC(=O)OCC(COC(=O)CCCCCCC/C=C\C/C=C\CCCCC)N(CCCN(C)C)C(=O)[C@H](CC(=O)OCCCCCC)OC(=O)CCC. The Kier molecular flexibility index (Phi) is 46.6. The van der Waals surface area contributed by atoms with Crippen LogP contribution in [0.1, 0.15) is 233 Å². The van der Waals surface area contributed by atoms with Crippen molar-refractivity contribution in [1.29, 1.82) is 0 Å². The summed E-state index contributed by atoms with van der Waals surface area (Å²) in [5, 5.41) is 0. The Morgan fingerprint density at radius 2 is 0.855 bits per heavy atom. The summed E-state index contributed by atoms with van der Waals surface area (Å²) < 4.78 is 22.8. The number of nitrogens with zero attached hydrogens (tertiary/aromatic N) is 2. The van der Waals surface area contributed by atoms with Crippen molar-refractivity contribution in [2.24, 2.45) is 0 Å². The molecule has 0 fully saturated rings. The number of amides is 1. The minimum absolute atomic E-state index is 0.0808. The second-order valence-electron chi connectivity index (χ2n) is 18.9. The maximum absolute atomic E-state index is 14.5. The van der Waals surface area contributed by atoms with Gasteiger partial charge < -0.3 is 28.7 Å². The highest BCUT2D eigenvalue weighted by Crippen LogP contribution is 2.17. The molecule has 0 saturated carbocycles. The van der Waals surface area contributed by atoms with Gasteiger partial charge in [-0.15, -0.1) is 0 Å². The Balaban J connectivity index is 5.63. The molecule has 0 N–H and O–H groups in total. The van der Waals surface area contributed by atoms with E-state index in [0.29, 0.717) is 38.6 Å². The largest absolute Gasteiger partial charge is 0.466 e. The smallest absolute Gasteiger partial charge is 0.310 e. The lowest BCUT2D eigenvalue weighted by molar-refractivity contribution is -0.168. The molecule has 398 valence electrons. The van der Waals surface area contributed by atoms with Crippen molar-refractivity contribution in [3.05, 3.63) is 48.6 Å². The Bertz CT molecular complexity index is 1330. The normalized spacial score (nSPS) is 12.3. The number of carbonyl (C=O) groups excluding carboxylic acids is 5. The van der Waals surface area contributed by atoms with Crippen LogP contribution in [-0.2, 0) is 42.9 Å². The lowest BCUT2D eigenvalue weighted by Gasteiger charge is -2.34. The molecule has 0 aromatic heterocycles. The van der Waals surface area contributed by atoms with Crippen LogP contribution in [0, 0.1) is 0 Å². The molecule has 69 heavy (non-hydrogen) atoms. The zero-order chi connectivity index (χ0) is 50.8. The molecule has 0 spiro atoms. The molecule has 0 aromatic carbocycles. The molecule has 0 radical (unpaired) electrons. The number of rotatable bonds is 48. The first-order valence-electron chi connectivity index (χ1n) is 27.8. The fourth-order valence-corrected chi connectivity index (χ4v) is 7.65. The monoisotopic (exact) mass is 971 g/mol. The van der Waals surface area contributed by atoms with Crippen LogP contribution in [0.25, 0.3) is 0 Å². The van der Waals surface area contributed by atoms with Crippen LogP contribution in [0.3, 0.4) is 0 Å². The minimum Gasteiger partial charge on any atom is -0.466 e. The average Bonchev–Trinajstić information content (AvgIpc) is 3.32. The third-order valence-corrected chi connectivity index (χ3v) is 11.9. The molecular weight excluding hydrogens is 869 g/mol. The van der Waals surface area contributed by atoms with E-state index in [4.69, 9.17) is 18.9 Å². The summed E-state index contributed by atoms with van der Waals surface area (Å²) >= 11 is 0. The molecular formula is C58H102N2O9. The summed E-state index contributed by atoms with van der Waals surface area (Å²) in [5.41, 5.74) is 0. The number of ether oxygens (including phenoxy) is 4. The number of allylic oxidation sites excluding steroid dienone is 8. The van der Waals surface area contributed by atoms with Gasteiger partial charge in [-0.05, 0) is 117 Å². The van der Waals surface area contributed by atoms with Crippen LogP contribution in [0.5, 0.6) is 0 Å². The first-order valence-corrected chi connectivity index (χ1v) is 27.8. The maximum atomic E-state index is 14.5. The molecule has 0 heterocycles. The van der Waals surface area contributed by atoms with Gasteiger partial charge in [0.15, 0.2) is 6.10 Å². The second kappa shape index (κ2) is 49.3. The number of unbranched alkanes of at least 4 members (excludes halogenated alkanes) is 19. The van der Waals surface area contributed by atoms with Crippen LogP contribution in [0.4, 0.5) is 0 Å². The van der Waals surface area contributed by atoms with Gasteiger partial charge in [0.1, 0.15) is 19.3 Å². The van der Waals surface area contributed by atoms with E-state index >= 15 is 0 Å². The topological polar surface area (TPSA) is 129 Å².